The van der Waals surface area contributed by atoms with Gasteiger partial charge in [-0.2, -0.15) is 0 Å². The van der Waals surface area contributed by atoms with Gasteiger partial charge in [-0.05, 0) is 38.5 Å². The van der Waals surface area contributed by atoms with Crippen molar-refractivity contribution < 1.29 is 19.1 Å². The number of nitrogens with zero attached hydrogens (tertiary/aromatic N) is 1. The first-order valence-corrected chi connectivity index (χ1v) is 6.93. The summed E-state index contributed by atoms with van der Waals surface area (Å²) in [7, 11) is 0. The van der Waals surface area contributed by atoms with Gasteiger partial charge in [0.15, 0.2) is 0 Å². The third-order valence-electron chi connectivity index (χ3n) is 2.84. The van der Waals surface area contributed by atoms with Crippen LogP contribution in [0.4, 0.5) is 14.9 Å². The molecule has 1 rings (SSSR count). The van der Waals surface area contributed by atoms with Gasteiger partial charge in [-0.15, -0.1) is 0 Å². The number of rotatable bonds is 6. The van der Waals surface area contributed by atoms with E-state index in [2.05, 4.69) is 5.32 Å². The lowest BCUT2D eigenvalue weighted by Crippen LogP contribution is -2.41. The molecule has 116 valence electrons. The molecule has 1 aromatic rings. The van der Waals surface area contributed by atoms with Crippen molar-refractivity contribution in [2.24, 2.45) is 0 Å². The summed E-state index contributed by atoms with van der Waals surface area (Å²) in [6, 6.07) is 3.25. The fourth-order valence-electron chi connectivity index (χ4n) is 1.78. The van der Waals surface area contributed by atoms with Crippen LogP contribution in [0.3, 0.4) is 0 Å². The van der Waals surface area contributed by atoms with Crippen molar-refractivity contribution in [2.75, 3.05) is 11.9 Å². The van der Waals surface area contributed by atoms with Crippen molar-refractivity contribution in [1.29, 1.82) is 0 Å². The number of hydrogen-bond acceptors (Lipinski definition) is 2. The van der Waals surface area contributed by atoms with E-state index >= 15 is 0 Å². The summed E-state index contributed by atoms with van der Waals surface area (Å²) < 4.78 is 13.6. The van der Waals surface area contributed by atoms with Gasteiger partial charge in [-0.25, -0.2) is 9.18 Å². The molecule has 7 heteroatoms. The highest BCUT2D eigenvalue weighted by molar-refractivity contribution is 6.30. The number of amides is 2. The Morgan fingerprint density at radius 2 is 2.10 bits per heavy atom. The van der Waals surface area contributed by atoms with Gasteiger partial charge in [0, 0.05) is 24.0 Å². The number of anilines is 1. The summed E-state index contributed by atoms with van der Waals surface area (Å²) in [5.41, 5.74) is -0.00335. The Morgan fingerprint density at radius 3 is 2.67 bits per heavy atom. The zero-order valence-electron chi connectivity index (χ0n) is 11.9. The Labute approximate surface area is 127 Å². The second-order valence-electron chi connectivity index (χ2n) is 4.84. The molecule has 2 amide bonds. The van der Waals surface area contributed by atoms with E-state index in [4.69, 9.17) is 16.7 Å². The number of carbonyl (C=O) groups is 2. The van der Waals surface area contributed by atoms with Crippen LogP contribution < -0.4 is 5.32 Å². The highest BCUT2D eigenvalue weighted by Crippen LogP contribution is 2.20. The van der Waals surface area contributed by atoms with E-state index in [1.165, 1.54) is 23.1 Å². The number of halogens is 2. The van der Waals surface area contributed by atoms with E-state index in [0.717, 1.165) is 0 Å². The number of carboxylic acids is 1. The molecule has 0 saturated heterocycles. The lowest BCUT2D eigenvalue weighted by molar-refractivity contribution is -0.137. The minimum absolute atomic E-state index is 0.00335. The summed E-state index contributed by atoms with van der Waals surface area (Å²) in [4.78, 5) is 24.1. The summed E-state index contributed by atoms with van der Waals surface area (Å²) in [6.45, 7) is 3.88. The number of benzene rings is 1. The third-order valence-corrected chi connectivity index (χ3v) is 3.08. The molecular weight excluding hydrogens is 299 g/mol. The number of carboxylic acid groups (broad SMARTS) is 1. The van der Waals surface area contributed by atoms with Crippen molar-refractivity contribution in [3.63, 3.8) is 0 Å². The molecule has 0 aliphatic rings. The highest BCUT2D eigenvalue weighted by atomic mass is 35.5. The molecule has 0 aliphatic carbocycles. The standard InChI is InChI=1S/C14H18ClFN2O3/c1-9(2)18(7-3-4-13(19)20)14(21)17-12-8-10(15)5-6-11(12)16/h5-6,8-9H,3-4,7H2,1-2H3,(H,17,21)(H,19,20). The van der Waals surface area contributed by atoms with Crippen LogP contribution in [-0.2, 0) is 4.79 Å². The molecule has 0 radical (unpaired) electrons. The fraction of sp³-hybridized carbons (Fsp3) is 0.429. The van der Waals surface area contributed by atoms with Crippen LogP contribution in [0, 0.1) is 5.82 Å². The quantitative estimate of drug-likeness (QED) is 0.842. The molecule has 0 saturated carbocycles. The molecule has 1 aromatic carbocycles. The summed E-state index contributed by atoms with van der Waals surface area (Å²) in [5, 5.41) is 11.4. The van der Waals surface area contributed by atoms with E-state index in [1.807, 2.05) is 0 Å². The Bertz CT molecular complexity index is 523. The largest absolute Gasteiger partial charge is 0.481 e. The number of carbonyl (C=O) groups excluding carboxylic acids is 1. The predicted octanol–water partition coefficient (Wildman–Crippen LogP) is 3.59. The van der Waals surface area contributed by atoms with E-state index in [1.54, 1.807) is 13.8 Å². The molecule has 0 bridgehead atoms. The van der Waals surface area contributed by atoms with Crippen LogP contribution in [0.25, 0.3) is 0 Å². The number of nitrogens with one attached hydrogen (secondary N) is 1. The molecule has 0 atom stereocenters. The van der Waals surface area contributed by atoms with Gasteiger partial charge in [-0.3, -0.25) is 4.79 Å². The zero-order valence-corrected chi connectivity index (χ0v) is 12.7. The Kier molecular flexibility index (Phi) is 6.42. The molecule has 0 spiro atoms. The van der Waals surface area contributed by atoms with Crippen molar-refractivity contribution in [3.8, 4) is 0 Å². The lowest BCUT2D eigenvalue weighted by atomic mass is 10.2. The maximum atomic E-state index is 13.6. The second-order valence-corrected chi connectivity index (χ2v) is 5.28. The van der Waals surface area contributed by atoms with Crippen LogP contribution in [0.15, 0.2) is 18.2 Å². The van der Waals surface area contributed by atoms with Gasteiger partial charge >= 0.3 is 12.0 Å². The fourth-order valence-corrected chi connectivity index (χ4v) is 1.95. The van der Waals surface area contributed by atoms with Crippen LogP contribution >= 0.6 is 11.6 Å². The molecule has 0 heterocycles. The van der Waals surface area contributed by atoms with Gasteiger partial charge in [-0.1, -0.05) is 11.6 Å². The van der Waals surface area contributed by atoms with Crippen LogP contribution in [-0.4, -0.2) is 34.6 Å². The lowest BCUT2D eigenvalue weighted by Gasteiger charge is -2.27. The normalized spacial score (nSPS) is 10.5. The smallest absolute Gasteiger partial charge is 0.322 e. The number of urea groups is 1. The van der Waals surface area contributed by atoms with Crippen molar-refractivity contribution >= 4 is 29.3 Å². The molecule has 0 aliphatic heterocycles. The molecule has 0 unspecified atom stereocenters. The van der Waals surface area contributed by atoms with Crippen LogP contribution in [0.1, 0.15) is 26.7 Å². The van der Waals surface area contributed by atoms with Gasteiger partial charge in [0.1, 0.15) is 5.82 Å². The number of hydrogen-bond donors (Lipinski definition) is 2. The minimum atomic E-state index is -0.917. The first kappa shape index (κ1) is 17.2. The van der Waals surface area contributed by atoms with Gasteiger partial charge in [0.25, 0.3) is 0 Å². The van der Waals surface area contributed by atoms with E-state index in [0.29, 0.717) is 11.4 Å². The van der Waals surface area contributed by atoms with Gasteiger partial charge < -0.3 is 15.3 Å². The van der Waals surface area contributed by atoms with E-state index in [9.17, 15) is 14.0 Å². The third kappa shape index (κ3) is 5.59. The van der Waals surface area contributed by atoms with Crippen molar-refractivity contribution in [2.45, 2.75) is 32.7 Å². The van der Waals surface area contributed by atoms with Gasteiger partial charge in [0.05, 0.1) is 5.69 Å². The average Bonchev–Trinajstić information content (AvgIpc) is 2.38. The maximum absolute atomic E-state index is 13.6. The molecule has 21 heavy (non-hydrogen) atoms. The van der Waals surface area contributed by atoms with Crippen molar-refractivity contribution in [3.05, 3.63) is 29.0 Å². The minimum Gasteiger partial charge on any atom is -0.481 e. The summed E-state index contributed by atoms with van der Waals surface area (Å²) >= 11 is 5.76. The predicted molar refractivity (Wildman–Crippen MR) is 79.1 cm³/mol. The topological polar surface area (TPSA) is 69.6 Å². The SMILES string of the molecule is CC(C)N(CCCC(=O)O)C(=O)Nc1cc(Cl)ccc1F. The van der Waals surface area contributed by atoms with Crippen molar-refractivity contribution in [1.82, 2.24) is 4.90 Å². The molecule has 2 N–H and O–H groups in total. The highest BCUT2D eigenvalue weighted by Gasteiger charge is 2.18. The van der Waals surface area contributed by atoms with E-state index in [-0.39, 0.29) is 24.7 Å². The summed E-state index contributed by atoms with van der Waals surface area (Å²) in [5.74, 6) is -1.50. The second kappa shape index (κ2) is 7.83. The van der Waals surface area contributed by atoms with E-state index < -0.39 is 17.8 Å². The van der Waals surface area contributed by atoms with Crippen LogP contribution in [0.5, 0.6) is 0 Å². The zero-order chi connectivity index (χ0) is 16.0. The van der Waals surface area contributed by atoms with Crippen LogP contribution in [0.2, 0.25) is 5.02 Å². The first-order chi connectivity index (χ1) is 9.81. The van der Waals surface area contributed by atoms with Gasteiger partial charge in [0.2, 0.25) is 0 Å². The molecule has 0 aromatic heterocycles. The Balaban J connectivity index is 2.72. The Hall–Kier alpha value is -1.82. The molecular formula is C14H18ClFN2O3. The average molecular weight is 317 g/mol. The summed E-state index contributed by atoms with van der Waals surface area (Å²) in [6.07, 6.45) is 0.307. The Morgan fingerprint density at radius 1 is 1.43 bits per heavy atom. The molecule has 0 fully saturated rings. The monoisotopic (exact) mass is 316 g/mol. The number of aliphatic carboxylic acids is 1. The molecule has 5 nitrogen and oxygen atoms in total. The maximum Gasteiger partial charge on any atom is 0.322 e. The first-order valence-electron chi connectivity index (χ1n) is 6.55.